The topological polar surface area (TPSA) is 97.1 Å². The van der Waals surface area contributed by atoms with E-state index in [1.54, 1.807) is 12.4 Å². The quantitative estimate of drug-likeness (QED) is 0.594. The van der Waals surface area contributed by atoms with Crippen LogP contribution >= 0.6 is 0 Å². The number of carbonyl (C=O) groups is 1. The normalized spacial score (nSPS) is 15.6. The van der Waals surface area contributed by atoms with Gasteiger partial charge in [0.2, 0.25) is 0 Å². The van der Waals surface area contributed by atoms with Crippen LogP contribution in [0.15, 0.2) is 47.5 Å². The molecule has 3 heterocycles. The molecule has 2 N–H and O–H groups in total. The Morgan fingerprint density at radius 2 is 2.00 bits per heavy atom. The maximum atomic E-state index is 12.7. The molecule has 0 aliphatic carbocycles. The van der Waals surface area contributed by atoms with Gasteiger partial charge >= 0.3 is 5.97 Å². The molecule has 7 heteroatoms. The zero-order chi connectivity index (χ0) is 22.0. The number of pyridine rings is 1. The average Bonchev–Trinajstić information content (AvgIpc) is 3.11. The van der Waals surface area contributed by atoms with Gasteiger partial charge in [0, 0.05) is 36.0 Å². The van der Waals surface area contributed by atoms with Crippen molar-refractivity contribution in [1.82, 2.24) is 15.2 Å². The summed E-state index contributed by atoms with van der Waals surface area (Å²) in [6, 6.07) is 9.81. The highest BCUT2D eigenvalue weighted by molar-refractivity contribution is 5.71. The lowest BCUT2D eigenvalue weighted by Gasteiger charge is -2.32. The first kappa shape index (κ1) is 20.9. The molecule has 0 saturated heterocycles. The molecule has 1 aromatic carbocycles. The second-order valence-corrected chi connectivity index (χ2v) is 8.57. The largest absolute Gasteiger partial charge is 0.488 e. The molecule has 1 aliphatic heterocycles. The number of hydrogen-bond donors (Lipinski definition) is 2. The minimum atomic E-state index is -0.429. The van der Waals surface area contributed by atoms with Crippen LogP contribution in [-0.2, 0) is 22.4 Å². The lowest BCUT2D eigenvalue weighted by atomic mass is 9.87. The van der Waals surface area contributed by atoms with Crippen LogP contribution in [0, 0.1) is 0 Å². The summed E-state index contributed by atoms with van der Waals surface area (Å²) < 4.78 is 11.0. The monoisotopic (exact) mass is 421 g/mol. The maximum Gasteiger partial charge on any atom is 0.306 e. The van der Waals surface area contributed by atoms with Gasteiger partial charge in [0.05, 0.1) is 13.5 Å². The summed E-state index contributed by atoms with van der Waals surface area (Å²) in [5.41, 5.74) is 4.01. The van der Waals surface area contributed by atoms with Gasteiger partial charge in [0.15, 0.2) is 0 Å². The first-order valence-electron chi connectivity index (χ1n) is 10.4. The van der Waals surface area contributed by atoms with Crippen molar-refractivity contribution < 1.29 is 14.3 Å². The number of fused-ring (bicyclic) bond motifs is 1. The van der Waals surface area contributed by atoms with E-state index in [0.717, 1.165) is 35.4 Å². The van der Waals surface area contributed by atoms with Crippen molar-refractivity contribution in [3.8, 4) is 5.75 Å². The molecule has 2 aromatic heterocycles. The third-order valence-corrected chi connectivity index (χ3v) is 5.84. The lowest BCUT2D eigenvalue weighted by Crippen LogP contribution is -2.32. The van der Waals surface area contributed by atoms with Crippen LogP contribution in [0.25, 0.3) is 0 Å². The van der Waals surface area contributed by atoms with E-state index in [4.69, 9.17) is 9.47 Å². The molecule has 31 heavy (non-hydrogen) atoms. The molecular weight excluding hydrogens is 394 g/mol. The summed E-state index contributed by atoms with van der Waals surface area (Å²) in [4.78, 5) is 28.9. The number of methoxy groups -OCH3 is 1. The van der Waals surface area contributed by atoms with Gasteiger partial charge < -0.3 is 14.6 Å². The minimum Gasteiger partial charge on any atom is -0.488 e. The van der Waals surface area contributed by atoms with E-state index >= 15 is 0 Å². The Morgan fingerprint density at radius 1 is 1.23 bits per heavy atom. The van der Waals surface area contributed by atoms with E-state index < -0.39 is 5.92 Å². The summed E-state index contributed by atoms with van der Waals surface area (Å²) in [5.74, 6) is 0.118. The van der Waals surface area contributed by atoms with Gasteiger partial charge in [-0.05, 0) is 61.6 Å². The second kappa shape index (κ2) is 8.41. The Morgan fingerprint density at radius 3 is 2.74 bits per heavy atom. The number of aryl methyl sites for hydroxylation is 1. The van der Waals surface area contributed by atoms with Crippen molar-refractivity contribution in [2.75, 3.05) is 7.11 Å². The van der Waals surface area contributed by atoms with Crippen LogP contribution in [0.5, 0.6) is 5.75 Å². The number of benzene rings is 1. The fourth-order valence-corrected chi connectivity index (χ4v) is 4.17. The predicted octanol–water partition coefficient (Wildman–Crippen LogP) is 3.49. The molecule has 1 atom stereocenters. The van der Waals surface area contributed by atoms with Gasteiger partial charge in [-0.3, -0.25) is 19.7 Å². The second-order valence-electron chi connectivity index (χ2n) is 8.57. The SMILES string of the molecule is COC(=O)C[C@@H](c1ccncc1)c1c(Cc2ccc3c(c2)CCC(C)(C)O3)[nH][nH]c1=O. The Hall–Kier alpha value is -3.35. The molecule has 1 aliphatic rings. The molecule has 0 unspecified atom stereocenters. The van der Waals surface area contributed by atoms with Crippen LogP contribution < -0.4 is 10.3 Å². The maximum absolute atomic E-state index is 12.7. The van der Waals surface area contributed by atoms with Crippen molar-refractivity contribution in [2.45, 2.75) is 51.0 Å². The summed E-state index contributed by atoms with van der Waals surface area (Å²) in [5, 5.41) is 5.72. The summed E-state index contributed by atoms with van der Waals surface area (Å²) >= 11 is 0. The molecule has 0 amide bonds. The number of H-pyrrole nitrogens is 2. The summed E-state index contributed by atoms with van der Waals surface area (Å²) in [6.45, 7) is 4.20. The Balaban J connectivity index is 1.67. The Bertz CT molecular complexity index is 1130. The molecule has 0 bridgehead atoms. The third-order valence-electron chi connectivity index (χ3n) is 5.84. The van der Waals surface area contributed by atoms with Gasteiger partial charge in [0.25, 0.3) is 5.56 Å². The Kier molecular flexibility index (Phi) is 5.67. The molecule has 7 nitrogen and oxygen atoms in total. The number of ether oxygens (including phenoxy) is 2. The minimum absolute atomic E-state index is 0.0710. The van der Waals surface area contributed by atoms with E-state index in [-0.39, 0.29) is 23.6 Å². The number of nitrogens with one attached hydrogen (secondary N) is 2. The summed E-state index contributed by atoms with van der Waals surface area (Å²) in [6.07, 6.45) is 5.83. The molecule has 3 aromatic rings. The molecule has 0 radical (unpaired) electrons. The molecule has 0 fully saturated rings. The van der Waals surface area contributed by atoms with Crippen molar-refractivity contribution in [1.29, 1.82) is 0 Å². The van der Waals surface area contributed by atoms with E-state index in [0.29, 0.717) is 12.0 Å². The van der Waals surface area contributed by atoms with Gasteiger partial charge in [-0.2, -0.15) is 0 Å². The molecular formula is C24H27N3O4. The number of esters is 1. The molecule has 0 saturated carbocycles. The van der Waals surface area contributed by atoms with Gasteiger partial charge in [0.1, 0.15) is 11.4 Å². The van der Waals surface area contributed by atoms with Crippen LogP contribution in [-0.4, -0.2) is 33.9 Å². The third kappa shape index (κ3) is 4.55. The number of carbonyl (C=O) groups excluding carboxylic acids is 1. The van der Waals surface area contributed by atoms with Gasteiger partial charge in [-0.15, -0.1) is 0 Å². The molecule has 4 rings (SSSR count). The zero-order valence-electron chi connectivity index (χ0n) is 18.0. The first-order chi connectivity index (χ1) is 14.9. The highest BCUT2D eigenvalue weighted by Crippen LogP contribution is 2.34. The zero-order valence-corrected chi connectivity index (χ0v) is 18.0. The van der Waals surface area contributed by atoms with E-state index in [1.807, 2.05) is 24.3 Å². The number of rotatable bonds is 6. The molecule has 0 spiro atoms. The first-order valence-corrected chi connectivity index (χ1v) is 10.4. The lowest BCUT2D eigenvalue weighted by molar-refractivity contribution is -0.140. The molecule has 162 valence electrons. The highest BCUT2D eigenvalue weighted by atomic mass is 16.5. The smallest absolute Gasteiger partial charge is 0.306 e. The van der Waals surface area contributed by atoms with Crippen molar-refractivity contribution >= 4 is 5.97 Å². The fraction of sp³-hybridized carbons (Fsp3) is 0.375. The van der Waals surface area contributed by atoms with E-state index in [1.165, 1.54) is 12.7 Å². The number of nitrogens with zero attached hydrogens (tertiary/aromatic N) is 1. The van der Waals surface area contributed by atoms with Crippen molar-refractivity contribution in [2.24, 2.45) is 0 Å². The average molecular weight is 421 g/mol. The standard InChI is InChI=1S/C24H27N3O4/c1-24(2)9-6-17-12-15(4-5-20(17)31-24)13-19-22(23(29)27-26-19)18(14-21(28)30-3)16-7-10-25-11-8-16/h4-5,7-8,10-12,18H,6,9,13-14H2,1-3H3,(H2,26,27,29)/t18-/m0/s1. The van der Waals surface area contributed by atoms with Crippen molar-refractivity contribution in [3.63, 3.8) is 0 Å². The van der Waals surface area contributed by atoms with Crippen LogP contribution in [0.1, 0.15) is 60.6 Å². The Labute approximate surface area is 180 Å². The summed E-state index contributed by atoms with van der Waals surface area (Å²) in [7, 11) is 1.35. The van der Waals surface area contributed by atoms with Crippen molar-refractivity contribution in [3.05, 3.63) is 81.0 Å². The predicted molar refractivity (Wildman–Crippen MR) is 116 cm³/mol. The van der Waals surface area contributed by atoms with E-state index in [9.17, 15) is 9.59 Å². The highest BCUT2D eigenvalue weighted by Gasteiger charge is 2.28. The fourth-order valence-electron chi connectivity index (χ4n) is 4.17. The van der Waals surface area contributed by atoms with Gasteiger partial charge in [-0.1, -0.05) is 12.1 Å². The van der Waals surface area contributed by atoms with Crippen LogP contribution in [0.3, 0.4) is 0 Å². The van der Waals surface area contributed by atoms with Crippen LogP contribution in [0.4, 0.5) is 0 Å². The number of aromatic nitrogens is 3. The van der Waals surface area contributed by atoms with E-state index in [2.05, 4.69) is 35.1 Å². The van der Waals surface area contributed by atoms with Gasteiger partial charge in [-0.25, -0.2) is 0 Å². The number of hydrogen-bond acceptors (Lipinski definition) is 5. The van der Waals surface area contributed by atoms with Crippen LogP contribution in [0.2, 0.25) is 0 Å². The number of aromatic amines is 2.